The van der Waals surface area contributed by atoms with Gasteiger partial charge in [-0.25, -0.2) is 0 Å². The molecule has 0 radical (unpaired) electrons. The molecule has 0 aliphatic carbocycles. The van der Waals surface area contributed by atoms with Crippen LogP contribution in [0.3, 0.4) is 0 Å². The first-order valence-corrected chi connectivity index (χ1v) is 4.24. The van der Waals surface area contributed by atoms with E-state index in [1.165, 1.54) is 0 Å². The molecule has 1 nitrogen and oxygen atoms in total. The van der Waals surface area contributed by atoms with E-state index in [0.717, 1.165) is 11.1 Å². The lowest BCUT2D eigenvalue weighted by Gasteiger charge is -1.95. The van der Waals surface area contributed by atoms with Crippen LogP contribution in [0.1, 0.15) is 11.1 Å². The van der Waals surface area contributed by atoms with Gasteiger partial charge in [0.1, 0.15) is 0 Å². The Bertz CT molecular complexity index is 309. The van der Waals surface area contributed by atoms with E-state index in [0.29, 0.717) is 12.4 Å². The van der Waals surface area contributed by atoms with E-state index >= 15 is 0 Å². The van der Waals surface area contributed by atoms with Crippen molar-refractivity contribution in [2.24, 2.45) is 5.73 Å². The number of hydrogen-bond acceptors (Lipinski definition) is 1. The summed E-state index contributed by atoms with van der Waals surface area (Å²) in [5.41, 5.74) is 7.54. The summed E-state index contributed by atoms with van der Waals surface area (Å²) in [6.07, 6.45) is 0. The van der Waals surface area contributed by atoms with Crippen LogP contribution in [-0.4, -0.2) is 5.88 Å². The van der Waals surface area contributed by atoms with E-state index < -0.39 is 0 Å². The van der Waals surface area contributed by atoms with Gasteiger partial charge in [0, 0.05) is 12.1 Å². The number of benzene rings is 1. The average Bonchev–Trinajstić information content (AvgIpc) is 2.15. The molecule has 0 aliphatic heterocycles. The first-order chi connectivity index (χ1) is 5.86. The SMILES string of the molecule is NCc1cccc(C#CCCl)c1. The smallest absolute Gasteiger partial charge is 0.0839 e. The summed E-state index contributed by atoms with van der Waals surface area (Å²) in [6, 6.07) is 7.84. The molecule has 0 saturated carbocycles. The van der Waals surface area contributed by atoms with Crippen LogP contribution in [0.25, 0.3) is 0 Å². The fourth-order valence-corrected chi connectivity index (χ4v) is 0.978. The summed E-state index contributed by atoms with van der Waals surface area (Å²) in [5.74, 6) is 6.09. The topological polar surface area (TPSA) is 26.0 Å². The molecule has 12 heavy (non-hydrogen) atoms. The third-order valence-corrected chi connectivity index (χ3v) is 1.60. The van der Waals surface area contributed by atoms with Gasteiger partial charge in [-0.05, 0) is 17.7 Å². The first-order valence-electron chi connectivity index (χ1n) is 3.70. The Morgan fingerprint density at radius 3 is 2.92 bits per heavy atom. The second kappa shape index (κ2) is 4.82. The minimum Gasteiger partial charge on any atom is -0.326 e. The van der Waals surface area contributed by atoms with Gasteiger partial charge < -0.3 is 5.73 Å². The fourth-order valence-electron chi connectivity index (χ4n) is 0.912. The molecule has 0 amide bonds. The standard InChI is InChI=1S/C10H10ClN/c11-6-2-5-9-3-1-4-10(7-9)8-12/h1,3-4,7H,6,8,12H2. The third kappa shape index (κ3) is 2.58. The van der Waals surface area contributed by atoms with Crippen LogP contribution >= 0.6 is 11.6 Å². The van der Waals surface area contributed by atoms with Crippen LogP contribution in [0.4, 0.5) is 0 Å². The Balaban J connectivity index is 2.86. The zero-order chi connectivity index (χ0) is 8.81. The van der Waals surface area contributed by atoms with E-state index in [1.807, 2.05) is 24.3 Å². The van der Waals surface area contributed by atoms with Gasteiger partial charge in [0.2, 0.25) is 0 Å². The summed E-state index contributed by atoms with van der Waals surface area (Å²) < 4.78 is 0. The molecular weight excluding hydrogens is 170 g/mol. The lowest BCUT2D eigenvalue weighted by molar-refractivity contribution is 1.07. The zero-order valence-corrected chi connectivity index (χ0v) is 7.43. The molecule has 62 valence electrons. The van der Waals surface area contributed by atoms with Crippen LogP contribution in [0.2, 0.25) is 0 Å². The van der Waals surface area contributed by atoms with Crippen LogP contribution in [0, 0.1) is 11.8 Å². The maximum absolute atomic E-state index is 5.47. The summed E-state index contributed by atoms with van der Waals surface area (Å²) in [5, 5.41) is 0. The van der Waals surface area contributed by atoms with Crippen molar-refractivity contribution in [2.75, 3.05) is 5.88 Å². The van der Waals surface area contributed by atoms with Crippen molar-refractivity contribution < 1.29 is 0 Å². The van der Waals surface area contributed by atoms with Crippen molar-refractivity contribution in [1.82, 2.24) is 0 Å². The van der Waals surface area contributed by atoms with Gasteiger partial charge in [-0.1, -0.05) is 24.0 Å². The number of rotatable bonds is 1. The Morgan fingerprint density at radius 1 is 1.42 bits per heavy atom. The second-order valence-electron chi connectivity index (χ2n) is 2.34. The van der Waals surface area contributed by atoms with Gasteiger partial charge in [0.15, 0.2) is 0 Å². The summed E-state index contributed by atoms with van der Waals surface area (Å²) in [4.78, 5) is 0. The maximum atomic E-state index is 5.47. The van der Waals surface area contributed by atoms with Gasteiger partial charge >= 0.3 is 0 Å². The van der Waals surface area contributed by atoms with Gasteiger partial charge in [0.25, 0.3) is 0 Å². The minimum atomic E-state index is 0.368. The third-order valence-electron chi connectivity index (χ3n) is 1.46. The summed E-state index contributed by atoms with van der Waals surface area (Å²) in [6.45, 7) is 0.552. The summed E-state index contributed by atoms with van der Waals surface area (Å²) in [7, 11) is 0. The van der Waals surface area contributed by atoms with E-state index in [4.69, 9.17) is 17.3 Å². The molecule has 1 rings (SSSR count). The molecule has 0 atom stereocenters. The first kappa shape index (κ1) is 9.12. The lowest BCUT2D eigenvalue weighted by Crippen LogP contribution is -1.95. The number of hydrogen-bond donors (Lipinski definition) is 1. The van der Waals surface area contributed by atoms with Crippen LogP contribution in [0.5, 0.6) is 0 Å². The van der Waals surface area contributed by atoms with Crippen molar-refractivity contribution in [1.29, 1.82) is 0 Å². The van der Waals surface area contributed by atoms with Gasteiger partial charge in [-0.15, -0.1) is 11.6 Å². The second-order valence-corrected chi connectivity index (χ2v) is 2.61. The predicted molar refractivity (Wildman–Crippen MR) is 51.9 cm³/mol. The van der Waals surface area contributed by atoms with Gasteiger partial charge in [-0.2, -0.15) is 0 Å². The van der Waals surface area contributed by atoms with Crippen molar-refractivity contribution in [3.63, 3.8) is 0 Å². The molecule has 0 fully saturated rings. The zero-order valence-electron chi connectivity index (χ0n) is 6.68. The largest absolute Gasteiger partial charge is 0.326 e. The molecule has 0 unspecified atom stereocenters. The van der Waals surface area contributed by atoms with E-state index in [9.17, 15) is 0 Å². The highest BCUT2D eigenvalue weighted by Gasteiger charge is 1.89. The van der Waals surface area contributed by atoms with E-state index in [1.54, 1.807) is 0 Å². The highest BCUT2D eigenvalue weighted by Crippen LogP contribution is 2.02. The molecule has 2 heteroatoms. The normalized spacial score (nSPS) is 8.83. The van der Waals surface area contributed by atoms with E-state index in [2.05, 4.69) is 11.8 Å². The Labute approximate surface area is 77.5 Å². The lowest BCUT2D eigenvalue weighted by atomic mass is 10.1. The van der Waals surface area contributed by atoms with E-state index in [-0.39, 0.29) is 0 Å². The van der Waals surface area contributed by atoms with Crippen LogP contribution in [-0.2, 0) is 6.54 Å². The molecule has 0 saturated heterocycles. The van der Waals surface area contributed by atoms with Crippen molar-refractivity contribution in [3.8, 4) is 11.8 Å². The monoisotopic (exact) mass is 179 g/mol. The Kier molecular flexibility index (Phi) is 3.66. The molecular formula is C10H10ClN. The molecule has 2 N–H and O–H groups in total. The van der Waals surface area contributed by atoms with Crippen LogP contribution < -0.4 is 5.73 Å². The summed E-state index contributed by atoms with van der Waals surface area (Å²) >= 11 is 5.43. The number of halogens is 1. The highest BCUT2D eigenvalue weighted by atomic mass is 35.5. The van der Waals surface area contributed by atoms with Crippen molar-refractivity contribution >= 4 is 11.6 Å². The maximum Gasteiger partial charge on any atom is 0.0839 e. The molecule has 0 aliphatic rings. The molecule has 0 spiro atoms. The predicted octanol–water partition coefficient (Wildman–Crippen LogP) is 1.74. The van der Waals surface area contributed by atoms with Crippen molar-refractivity contribution in [2.45, 2.75) is 6.54 Å². The van der Waals surface area contributed by atoms with Gasteiger partial charge in [-0.3, -0.25) is 0 Å². The molecule has 1 aromatic carbocycles. The average molecular weight is 180 g/mol. The van der Waals surface area contributed by atoms with Crippen molar-refractivity contribution in [3.05, 3.63) is 35.4 Å². The van der Waals surface area contributed by atoms with Gasteiger partial charge in [0.05, 0.1) is 5.88 Å². The fraction of sp³-hybridized carbons (Fsp3) is 0.200. The number of alkyl halides is 1. The highest BCUT2D eigenvalue weighted by molar-refractivity contribution is 6.19. The quantitative estimate of drug-likeness (QED) is 0.516. The minimum absolute atomic E-state index is 0.368. The molecule has 1 aromatic rings. The van der Waals surface area contributed by atoms with Crippen LogP contribution in [0.15, 0.2) is 24.3 Å². The Hall–Kier alpha value is -0.970. The molecule has 0 heterocycles. The molecule has 0 bridgehead atoms. The number of nitrogens with two attached hydrogens (primary N) is 1. The Morgan fingerprint density at radius 2 is 2.25 bits per heavy atom. The molecule has 0 aromatic heterocycles.